The lowest BCUT2D eigenvalue weighted by Gasteiger charge is -2.15. The van der Waals surface area contributed by atoms with Gasteiger partial charge in [0.25, 0.3) is 0 Å². The second-order valence-corrected chi connectivity index (χ2v) is 8.10. The third-order valence-corrected chi connectivity index (χ3v) is 5.06. The van der Waals surface area contributed by atoms with Crippen molar-refractivity contribution in [3.8, 4) is 17.1 Å². The largest absolute Gasteiger partial charge is 0.494 e. The van der Waals surface area contributed by atoms with Crippen molar-refractivity contribution in [3.63, 3.8) is 0 Å². The van der Waals surface area contributed by atoms with Crippen LogP contribution in [0.3, 0.4) is 0 Å². The maximum Gasteiger partial charge on any atom is 0.220 e. The molecule has 6 heteroatoms. The number of halogens is 1. The molecule has 2 aromatic carbocycles. The molecule has 0 aliphatic rings. The van der Waals surface area contributed by atoms with Gasteiger partial charge in [-0.2, -0.15) is 0 Å². The summed E-state index contributed by atoms with van der Waals surface area (Å²) >= 11 is 0. The molecule has 0 radical (unpaired) electrons. The Morgan fingerprint density at radius 2 is 1.90 bits per heavy atom. The summed E-state index contributed by atoms with van der Waals surface area (Å²) in [5.74, 6) is 1.39. The highest BCUT2D eigenvalue weighted by Crippen LogP contribution is 2.23. The fourth-order valence-electron chi connectivity index (χ4n) is 3.41. The van der Waals surface area contributed by atoms with Crippen LogP contribution in [0.4, 0.5) is 4.39 Å². The third-order valence-electron chi connectivity index (χ3n) is 5.06. The molecular formula is C25H29FN2O3. The summed E-state index contributed by atoms with van der Waals surface area (Å²) in [4.78, 5) is 16.6. The number of hydrogen-bond donors (Lipinski definition) is 1. The van der Waals surface area contributed by atoms with E-state index in [1.54, 1.807) is 18.3 Å². The van der Waals surface area contributed by atoms with Crippen LogP contribution in [0, 0.1) is 11.7 Å². The molecule has 0 aliphatic carbocycles. The van der Waals surface area contributed by atoms with Crippen LogP contribution in [-0.2, 0) is 17.6 Å². The molecule has 5 nitrogen and oxygen atoms in total. The maximum atomic E-state index is 13.9. The Labute approximate surface area is 182 Å². The summed E-state index contributed by atoms with van der Waals surface area (Å²) in [6.07, 6.45) is 3.35. The van der Waals surface area contributed by atoms with Crippen LogP contribution in [0.2, 0.25) is 0 Å². The van der Waals surface area contributed by atoms with E-state index < -0.39 is 5.82 Å². The zero-order valence-electron chi connectivity index (χ0n) is 18.4. The van der Waals surface area contributed by atoms with E-state index in [2.05, 4.69) is 36.3 Å². The first-order valence-corrected chi connectivity index (χ1v) is 10.5. The zero-order chi connectivity index (χ0) is 22.4. The highest BCUT2D eigenvalue weighted by molar-refractivity contribution is 5.76. The first-order valence-electron chi connectivity index (χ1n) is 10.5. The van der Waals surface area contributed by atoms with Gasteiger partial charge in [0.05, 0.1) is 19.3 Å². The van der Waals surface area contributed by atoms with E-state index in [1.807, 2.05) is 19.1 Å². The number of benzene rings is 2. The molecule has 1 N–H and O–H groups in total. The molecule has 0 saturated carbocycles. The number of amides is 1. The van der Waals surface area contributed by atoms with E-state index >= 15 is 0 Å². The van der Waals surface area contributed by atoms with Gasteiger partial charge >= 0.3 is 0 Å². The Morgan fingerprint density at radius 3 is 2.55 bits per heavy atom. The zero-order valence-corrected chi connectivity index (χ0v) is 18.4. The number of carbonyl (C=O) groups excluding carboxylic acids is 1. The molecule has 1 amide bonds. The lowest BCUT2D eigenvalue weighted by molar-refractivity contribution is -0.121. The molecule has 0 fully saturated rings. The van der Waals surface area contributed by atoms with E-state index in [4.69, 9.17) is 9.15 Å². The summed E-state index contributed by atoms with van der Waals surface area (Å²) in [6, 6.07) is 12.6. The van der Waals surface area contributed by atoms with Gasteiger partial charge < -0.3 is 14.5 Å². The van der Waals surface area contributed by atoms with E-state index in [-0.39, 0.29) is 24.1 Å². The van der Waals surface area contributed by atoms with Gasteiger partial charge in [-0.25, -0.2) is 9.37 Å². The van der Waals surface area contributed by atoms with Crippen LogP contribution in [0.5, 0.6) is 5.75 Å². The molecule has 1 atom stereocenters. The predicted molar refractivity (Wildman–Crippen MR) is 118 cm³/mol. The van der Waals surface area contributed by atoms with E-state index in [0.29, 0.717) is 29.6 Å². The van der Waals surface area contributed by atoms with E-state index in [1.165, 1.54) is 18.7 Å². The fraction of sp³-hybridized carbons (Fsp3) is 0.360. The molecule has 1 heterocycles. The van der Waals surface area contributed by atoms with Gasteiger partial charge in [-0.1, -0.05) is 44.2 Å². The number of nitrogens with one attached hydrogen (secondary N) is 1. The predicted octanol–water partition coefficient (Wildman–Crippen LogP) is 5.50. The summed E-state index contributed by atoms with van der Waals surface area (Å²) in [7, 11) is 1.42. The van der Waals surface area contributed by atoms with Crippen molar-refractivity contribution in [2.75, 3.05) is 7.11 Å². The smallest absolute Gasteiger partial charge is 0.220 e. The number of methoxy groups -OCH3 is 1. The van der Waals surface area contributed by atoms with Crippen LogP contribution in [0.25, 0.3) is 11.3 Å². The third kappa shape index (κ3) is 6.17. The molecule has 0 unspecified atom stereocenters. The van der Waals surface area contributed by atoms with Gasteiger partial charge in [-0.15, -0.1) is 0 Å². The highest BCUT2D eigenvalue weighted by Gasteiger charge is 2.14. The number of oxazole rings is 1. The van der Waals surface area contributed by atoms with Crippen molar-refractivity contribution in [1.82, 2.24) is 10.3 Å². The van der Waals surface area contributed by atoms with Gasteiger partial charge in [0.15, 0.2) is 23.2 Å². The Kier molecular flexibility index (Phi) is 7.45. The van der Waals surface area contributed by atoms with Gasteiger partial charge in [0.2, 0.25) is 5.91 Å². The van der Waals surface area contributed by atoms with Gasteiger partial charge in [0, 0.05) is 18.4 Å². The molecule has 31 heavy (non-hydrogen) atoms. The Bertz CT molecular complexity index is 1010. The van der Waals surface area contributed by atoms with Crippen molar-refractivity contribution in [2.45, 2.75) is 46.1 Å². The quantitative estimate of drug-likeness (QED) is 0.493. The number of aryl methyl sites for hydroxylation is 1. The number of ether oxygens (including phenoxy) is 1. The average molecular weight is 425 g/mol. The van der Waals surface area contributed by atoms with Gasteiger partial charge in [-0.05, 0) is 42.5 Å². The SMILES string of the molecule is COc1ccc([C@H](C)NC(=O)CCc2ncc(-c3ccc(CC(C)C)cc3)o2)cc1F. The number of rotatable bonds is 9. The van der Waals surface area contributed by atoms with Crippen LogP contribution < -0.4 is 10.1 Å². The highest BCUT2D eigenvalue weighted by atomic mass is 19.1. The van der Waals surface area contributed by atoms with Gasteiger partial charge in [0.1, 0.15) is 0 Å². The standard InChI is InChI=1S/C25H29FN2O3/c1-16(2)13-18-5-7-19(8-6-18)23-15-27-25(31-23)12-11-24(29)28-17(3)20-9-10-22(30-4)21(26)14-20/h5-10,14-17H,11-13H2,1-4H3,(H,28,29)/t17-/m0/s1. The summed E-state index contributed by atoms with van der Waals surface area (Å²) in [5, 5.41) is 2.88. The summed E-state index contributed by atoms with van der Waals surface area (Å²) in [6.45, 7) is 6.21. The molecule has 0 aliphatic heterocycles. The second kappa shape index (κ2) is 10.2. The van der Waals surface area contributed by atoms with Crippen molar-refractivity contribution >= 4 is 5.91 Å². The Morgan fingerprint density at radius 1 is 1.16 bits per heavy atom. The average Bonchev–Trinajstić information content (AvgIpc) is 3.21. The molecule has 1 aromatic heterocycles. The topological polar surface area (TPSA) is 64.4 Å². The van der Waals surface area contributed by atoms with Crippen LogP contribution in [0.15, 0.2) is 53.1 Å². The van der Waals surface area contributed by atoms with Crippen molar-refractivity contribution in [1.29, 1.82) is 0 Å². The van der Waals surface area contributed by atoms with Crippen molar-refractivity contribution < 1.29 is 18.3 Å². The fourth-order valence-corrected chi connectivity index (χ4v) is 3.41. The molecule has 3 rings (SSSR count). The second-order valence-electron chi connectivity index (χ2n) is 8.10. The summed E-state index contributed by atoms with van der Waals surface area (Å²) in [5.41, 5.74) is 2.93. The first-order chi connectivity index (χ1) is 14.9. The number of carbonyl (C=O) groups is 1. The minimum atomic E-state index is -0.453. The lowest BCUT2D eigenvalue weighted by atomic mass is 10.0. The van der Waals surface area contributed by atoms with Crippen LogP contribution in [0.1, 0.15) is 50.3 Å². The summed E-state index contributed by atoms with van der Waals surface area (Å²) < 4.78 is 24.6. The monoisotopic (exact) mass is 424 g/mol. The van der Waals surface area contributed by atoms with Crippen molar-refractivity contribution in [2.24, 2.45) is 5.92 Å². The van der Waals surface area contributed by atoms with Crippen LogP contribution >= 0.6 is 0 Å². The number of hydrogen-bond acceptors (Lipinski definition) is 4. The lowest BCUT2D eigenvalue weighted by Crippen LogP contribution is -2.26. The normalized spacial score (nSPS) is 12.1. The Hall–Kier alpha value is -3.15. The minimum Gasteiger partial charge on any atom is -0.494 e. The molecule has 0 bridgehead atoms. The van der Waals surface area contributed by atoms with E-state index in [0.717, 1.165) is 12.0 Å². The molecule has 3 aromatic rings. The van der Waals surface area contributed by atoms with Gasteiger partial charge in [-0.3, -0.25) is 4.79 Å². The number of aromatic nitrogens is 1. The molecular weight excluding hydrogens is 395 g/mol. The molecule has 0 spiro atoms. The van der Waals surface area contributed by atoms with Crippen LogP contribution in [-0.4, -0.2) is 18.0 Å². The molecule has 164 valence electrons. The van der Waals surface area contributed by atoms with E-state index in [9.17, 15) is 9.18 Å². The maximum absolute atomic E-state index is 13.9. The Balaban J connectivity index is 1.53. The first kappa shape index (κ1) is 22.5. The number of nitrogens with zero attached hydrogens (tertiary/aromatic N) is 1. The van der Waals surface area contributed by atoms with Crippen molar-refractivity contribution in [3.05, 3.63) is 71.5 Å². The minimum absolute atomic E-state index is 0.151. The molecule has 0 saturated heterocycles.